The number of ether oxygens (including phenoxy) is 2. The molecule has 2 aliphatic rings. The molecule has 6 heteroatoms. The maximum atomic E-state index is 8.81. The van der Waals surface area contributed by atoms with Crippen LogP contribution in [-0.4, -0.2) is 37.6 Å². The Hall–Kier alpha value is -1.95. The van der Waals surface area contributed by atoms with E-state index in [0.717, 1.165) is 29.2 Å². The average Bonchev–Trinajstić information content (AvgIpc) is 2.73. The maximum Gasteiger partial charge on any atom is 0.231 e. The standard InChI is InChI=1S/C12H15N3O3/c16-4-3-14-12-13-2-1-8-5-10-11(18-7-17-10)6-9(8)15-12/h5-6,16H,1-4,7H2,(H2,13,14,15). The number of hydrogen-bond donors (Lipinski definition) is 3. The number of aliphatic hydroxyl groups is 1. The van der Waals surface area contributed by atoms with E-state index in [1.807, 2.05) is 12.1 Å². The van der Waals surface area contributed by atoms with Crippen molar-refractivity contribution in [2.75, 3.05) is 31.8 Å². The third-order valence-corrected chi connectivity index (χ3v) is 2.91. The second kappa shape index (κ2) is 4.73. The molecule has 2 heterocycles. The van der Waals surface area contributed by atoms with Crippen LogP contribution in [0.2, 0.25) is 0 Å². The van der Waals surface area contributed by atoms with Crippen LogP contribution in [0.4, 0.5) is 5.69 Å². The number of guanidine groups is 1. The third-order valence-electron chi connectivity index (χ3n) is 2.91. The van der Waals surface area contributed by atoms with E-state index in [4.69, 9.17) is 14.6 Å². The van der Waals surface area contributed by atoms with Crippen molar-refractivity contribution in [2.24, 2.45) is 4.99 Å². The van der Waals surface area contributed by atoms with Crippen LogP contribution in [0.5, 0.6) is 11.5 Å². The maximum absolute atomic E-state index is 8.81. The third kappa shape index (κ3) is 2.06. The molecular weight excluding hydrogens is 234 g/mol. The lowest BCUT2D eigenvalue weighted by molar-refractivity contribution is 0.174. The minimum absolute atomic E-state index is 0.0781. The van der Waals surface area contributed by atoms with Gasteiger partial charge in [-0.25, -0.2) is 0 Å². The first-order valence-corrected chi connectivity index (χ1v) is 5.95. The topological polar surface area (TPSA) is 75.1 Å². The number of nitrogens with one attached hydrogen (secondary N) is 2. The van der Waals surface area contributed by atoms with Crippen molar-refractivity contribution in [3.05, 3.63) is 17.7 Å². The number of fused-ring (bicyclic) bond motifs is 2. The SMILES string of the molecule is OCCNC1=NCCc2cc3c(cc2N1)OCO3. The van der Waals surface area contributed by atoms with E-state index in [2.05, 4.69) is 15.6 Å². The Labute approximate surface area is 105 Å². The molecule has 0 fully saturated rings. The van der Waals surface area contributed by atoms with Crippen molar-refractivity contribution in [2.45, 2.75) is 6.42 Å². The van der Waals surface area contributed by atoms with E-state index in [-0.39, 0.29) is 13.4 Å². The molecule has 0 saturated heterocycles. The lowest BCUT2D eigenvalue weighted by Gasteiger charge is -2.12. The van der Waals surface area contributed by atoms with E-state index < -0.39 is 0 Å². The molecule has 0 saturated carbocycles. The minimum atomic E-state index is 0.0781. The van der Waals surface area contributed by atoms with Gasteiger partial charge in [-0.1, -0.05) is 0 Å². The number of aliphatic imine (C=N–C) groups is 1. The van der Waals surface area contributed by atoms with E-state index in [1.165, 1.54) is 0 Å². The van der Waals surface area contributed by atoms with Crippen molar-refractivity contribution in [3.63, 3.8) is 0 Å². The number of hydrogen-bond acceptors (Lipinski definition) is 6. The highest BCUT2D eigenvalue weighted by molar-refractivity contribution is 5.95. The van der Waals surface area contributed by atoms with Crippen LogP contribution < -0.4 is 20.1 Å². The van der Waals surface area contributed by atoms with Crippen LogP contribution in [0.15, 0.2) is 17.1 Å². The first-order valence-electron chi connectivity index (χ1n) is 5.95. The summed E-state index contributed by atoms with van der Waals surface area (Å²) in [5.74, 6) is 2.23. The van der Waals surface area contributed by atoms with Gasteiger partial charge >= 0.3 is 0 Å². The zero-order chi connectivity index (χ0) is 12.4. The molecule has 0 bridgehead atoms. The predicted octanol–water partition coefficient (Wildman–Crippen LogP) is 0.321. The number of aliphatic hydroxyl groups excluding tert-OH is 1. The molecule has 0 aromatic heterocycles. The molecular formula is C12H15N3O3. The van der Waals surface area contributed by atoms with Gasteiger partial charge in [-0.15, -0.1) is 0 Å². The largest absolute Gasteiger partial charge is 0.454 e. The van der Waals surface area contributed by atoms with Gasteiger partial charge in [0.2, 0.25) is 6.79 Å². The Balaban J connectivity index is 1.84. The number of anilines is 1. The van der Waals surface area contributed by atoms with Gasteiger partial charge < -0.3 is 25.2 Å². The van der Waals surface area contributed by atoms with Gasteiger partial charge in [-0.3, -0.25) is 4.99 Å². The molecule has 0 radical (unpaired) electrons. The summed E-state index contributed by atoms with van der Waals surface area (Å²) in [5, 5.41) is 15.1. The first-order chi connectivity index (χ1) is 8.86. The second-order valence-electron chi connectivity index (χ2n) is 4.12. The van der Waals surface area contributed by atoms with Gasteiger partial charge in [-0.05, 0) is 18.1 Å². The van der Waals surface area contributed by atoms with Crippen LogP contribution in [-0.2, 0) is 6.42 Å². The summed E-state index contributed by atoms with van der Waals surface area (Å²) in [7, 11) is 0. The fourth-order valence-corrected chi connectivity index (χ4v) is 2.04. The van der Waals surface area contributed by atoms with Crippen molar-refractivity contribution < 1.29 is 14.6 Å². The summed E-state index contributed by atoms with van der Waals surface area (Å²) in [6.45, 7) is 1.54. The molecule has 3 rings (SSSR count). The van der Waals surface area contributed by atoms with Crippen LogP contribution in [0.25, 0.3) is 0 Å². The fourth-order valence-electron chi connectivity index (χ4n) is 2.04. The van der Waals surface area contributed by atoms with E-state index >= 15 is 0 Å². The van der Waals surface area contributed by atoms with E-state index in [9.17, 15) is 0 Å². The molecule has 1 aromatic rings. The summed E-state index contributed by atoms with van der Waals surface area (Å²) in [6.07, 6.45) is 0.850. The Bertz CT molecular complexity index is 488. The number of nitrogens with zero attached hydrogens (tertiary/aromatic N) is 1. The van der Waals surface area contributed by atoms with Crippen LogP contribution in [0.3, 0.4) is 0 Å². The molecule has 3 N–H and O–H groups in total. The highest BCUT2D eigenvalue weighted by Crippen LogP contribution is 2.37. The van der Waals surface area contributed by atoms with Gasteiger partial charge in [0.25, 0.3) is 0 Å². The molecule has 1 aromatic carbocycles. The number of benzene rings is 1. The van der Waals surface area contributed by atoms with Crippen molar-refractivity contribution >= 4 is 11.6 Å². The average molecular weight is 249 g/mol. The highest BCUT2D eigenvalue weighted by atomic mass is 16.7. The van der Waals surface area contributed by atoms with Crippen molar-refractivity contribution in [3.8, 4) is 11.5 Å². The zero-order valence-electron chi connectivity index (χ0n) is 9.90. The van der Waals surface area contributed by atoms with Crippen LogP contribution >= 0.6 is 0 Å². The quantitative estimate of drug-likeness (QED) is 0.704. The van der Waals surface area contributed by atoms with Crippen molar-refractivity contribution in [1.82, 2.24) is 5.32 Å². The number of rotatable bonds is 2. The molecule has 0 aliphatic carbocycles. The van der Waals surface area contributed by atoms with Gasteiger partial charge in [0.1, 0.15) is 0 Å². The monoisotopic (exact) mass is 249 g/mol. The molecule has 0 amide bonds. The molecule has 0 spiro atoms. The summed E-state index contributed by atoms with van der Waals surface area (Å²) in [5.41, 5.74) is 2.13. The Morgan fingerprint density at radius 1 is 1.33 bits per heavy atom. The van der Waals surface area contributed by atoms with Gasteiger partial charge in [0, 0.05) is 24.8 Å². The summed E-state index contributed by atoms with van der Waals surface area (Å²) < 4.78 is 10.7. The molecule has 18 heavy (non-hydrogen) atoms. The fraction of sp³-hybridized carbons (Fsp3) is 0.417. The Morgan fingerprint density at radius 3 is 3.00 bits per heavy atom. The van der Waals surface area contributed by atoms with Crippen molar-refractivity contribution in [1.29, 1.82) is 0 Å². The molecule has 96 valence electrons. The normalized spacial score (nSPS) is 16.4. The van der Waals surface area contributed by atoms with E-state index in [1.54, 1.807) is 0 Å². The lowest BCUT2D eigenvalue weighted by Crippen LogP contribution is -2.32. The first kappa shape index (κ1) is 11.2. The molecule has 2 aliphatic heterocycles. The van der Waals surface area contributed by atoms with Gasteiger partial charge in [-0.2, -0.15) is 0 Å². The zero-order valence-corrected chi connectivity index (χ0v) is 9.90. The minimum Gasteiger partial charge on any atom is -0.454 e. The predicted molar refractivity (Wildman–Crippen MR) is 67.3 cm³/mol. The Kier molecular flexibility index (Phi) is 2.93. The van der Waals surface area contributed by atoms with Gasteiger partial charge in [0.15, 0.2) is 17.5 Å². The summed E-state index contributed by atoms with van der Waals surface area (Å²) in [6, 6.07) is 3.92. The molecule has 6 nitrogen and oxygen atoms in total. The smallest absolute Gasteiger partial charge is 0.231 e. The molecule has 0 unspecified atom stereocenters. The summed E-state index contributed by atoms with van der Waals surface area (Å²) in [4.78, 5) is 4.38. The summed E-state index contributed by atoms with van der Waals surface area (Å²) >= 11 is 0. The van der Waals surface area contributed by atoms with Gasteiger partial charge in [0.05, 0.1) is 6.61 Å². The second-order valence-corrected chi connectivity index (χ2v) is 4.12. The highest BCUT2D eigenvalue weighted by Gasteiger charge is 2.19. The Morgan fingerprint density at radius 2 is 2.17 bits per heavy atom. The molecule has 0 atom stereocenters. The lowest BCUT2D eigenvalue weighted by atomic mass is 10.1. The van der Waals surface area contributed by atoms with Crippen LogP contribution in [0, 0.1) is 0 Å². The van der Waals surface area contributed by atoms with E-state index in [0.29, 0.717) is 19.0 Å². The van der Waals surface area contributed by atoms with Crippen LogP contribution in [0.1, 0.15) is 5.56 Å².